The second-order valence-electron chi connectivity index (χ2n) is 9.05. The number of benzene rings is 2. The predicted molar refractivity (Wildman–Crippen MR) is 144 cm³/mol. The van der Waals surface area contributed by atoms with E-state index in [0.717, 1.165) is 15.3 Å². The minimum Gasteiger partial charge on any atom is -0.480 e. The second kappa shape index (κ2) is 11.8. The first-order chi connectivity index (χ1) is 16.2. The minimum absolute atomic E-state index is 0.422. The fraction of sp³-hybridized carbons (Fsp3) is 0.360. The predicted octanol–water partition coefficient (Wildman–Crippen LogP) is 5.01. The Balaban J connectivity index is 2.60. The lowest BCUT2D eigenvalue weighted by Crippen LogP contribution is -2.69. The summed E-state index contributed by atoms with van der Waals surface area (Å²) in [5, 5.41) is 11.6. The smallest absolute Gasteiger partial charge is 0.410 e. The number of halogens is 3. The number of rotatable bonds is 9. The van der Waals surface area contributed by atoms with E-state index in [0.29, 0.717) is 0 Å². The quantitative estimate of drug-likeness (QED) is 0.266. The van der Waals surface area contributed by atoms with Crippen LogP contribution in [0.25, 0.3) is 0 Å². The van der Waals surface area contributed by atoms with Gasteiger partial charge in [-0.05, 0) is 15.4 Å². The van der Waals surface area contributed by atoms with Crippen molar-refractivity contribution in [2.45, 2.75) is 41.7 Å². The minimum atomic E-state index is -3.15. The molecule has 0 heterocycles. The summed E-state index contributed by atoms with van der Waals surface area (Å²) in [5.41, 5.74) is 0. The van der Waals surface area contributed by atoms with Gasteiger partial charge in [0.05, 0.1) is 6.10 Å². The fourth-order valence-corrected chi connectivity index (χ4v) is 8.83. The van der Waals surface area contributed by atoms with Crippen molar-refractivity contribution in [1.29, 1.82) is 0 Å². The third kappa shape index (κ3) is 7.02. The Morgan fingerprint density at radius 3 is 1.83 bits per heavy atom. The number of aliphatic carboxylic acids is 1. The molecule has 1 amide bonds. The summed E-state index contributed by atoms with van der Waals surface area (Å²) in [4.78, 5) is 26.0. The zero-order valence-electron chi connectivity index (χ0n) is 20.1. The lowest BCUT2D eigenvalue weighted by molar-refractivity contribution is -0.144. The number of carbonyl (C=O) groups is 2. The molecule has 0 saturated carbocycles. The molecular weight excluding hydrogens is 529 g/mol. The van der Waals surface area contributed by atoms with Gasteiger partial charge in [-0.2, -0.15) is 0 Å². The third-order valence-corrected chi connectivity index (χ3v) is 10.9. The lowest BCUT2D eigenvalue weighted by Gasteiger charge is -2.46. The van der Waals surface area contributed by atoms with Gasteiger partial charge in [0.25, 0.3) is 8.32 Å². The van der Waals surface area contributed by atoms with Crippen molar-refractivity contribution in [3.8, 4) is 0 Å². The first kappa shape index (κ1) is 29.2. The van der Waals surface area contributed by atoms with Crippen LogP contribution >= 0.6 is 34.8 Å². The van der Waals surface area contributed by atoms with Crippen LogP contribution in [0.2, 0.25) is 5.04 Å². The van der Waals surface area contributed by atoms with Crippen molar-refractivity contribution >= 4 is 65.6 Å². The van der Waals surface area contributed by atoms with Gasteiger partial charge in [0.2, 0.25) is 3.79 Å². The fourth-order valence-electron chi connectivity index (χ4n) is 4.02. The number of carboxylic acids is 1. The molecule has 0 aromatic heterocycles. The number of ether oxygens (including phenoxy) is 1. The Kier molecular flexibility index (Phi) is 9.85. The van der Waals surface area contributed by atoms with Crippen LogP contribution in [-0.4, -0.2) is 60.0 Å². The molecule has 0 aliphatic heterocycles. The number of hydrogen-bond donors (Lipinski definition) is 1. The summed E-state index contributed by atoms with van der Waals surface area (Å²) in [7, 11) is -1.85. The summed E-state index contributed by atoms with van der Waals surface area (Å²) >= 11 is 17.0. The Bertz CT molecular complexity index is 970. The zero-order valence-corrected chi connectivity index (χ0v) is 23.3. The normalized spacial score (nSPS) is 14.0. The van der Waals surface area contributed by atoms with Crippen molar-refractivity contribution in [2.24, 2.45) is 0 Å². The summed E-state index contributed by atoms with van der Waals surface area (Å²) < 4.78 is 10.1. The number of hydrogen-bond acceptors (Lipinski definition) is 4. The third-order valence-electron chi connectivity index (χ3n) is 5.59. The van der Waals surface area contributed by atoms with E-state index in [1.165, 1.54) is 13.1 Å². The summed E-state index contributed by atoms with van der Waals surface area (Å²) in [6.07, 6.45) is -0.651. The molecule has 2 aromatic rings. The van der Waals surface area contributed by atoms with E-state index in [2.05, 4.69) is 27.4 Å². The van der Waals surface area contributed by atoms with Gasteiger partial charge in [-0.25, -0.2) is 9.59 Å². The van der Waals surface area contributed by atoms with Gasteiger partial charge in [-0.1, -0.05) is 122 Å². The first-order valence-electron chi connectivity index (χ1n) is 10.8. The standard InChI is InChI=1S/C25H30Cl3NO5Si/c1-6-20(21(22(30)31)29(5)23(32)33-17-25(26,27)28)34-35(24(2,3)4,18-13-9-7-10-14-18)19-15-11-8-12-16-19/h6-16,20-21H,1,17H2,2-5H3,(H,30,31)/t20-,21-/m0/s1. The summed E-state index contributed by atoms with van der Waals surface area (Å²) in [5.74, 6) is -1.29. The number of carboxylic acid groups (broad SMARTS) is 1. The van der Waals surface area contributed by atoms with Gasteiger partial charge in [0.15, 0.2) is 6.04 Å². The van der Waals surface area contributed by atoms with Crippen LogP contribution in [-0.2, 0) is 14.0 Å². The monoisotopic (exact) mass is 557 g/mol. The van der Waals surface area contributed by atoms with Crippen molar-refractivity contribution in [3.05, 3.63) is 73.3 Å². The van der Waals surface area contributed by atoms with Gasteiger partial charge in [-0.3, -0.25) is 4.90 Å². The molecule has 190 valence electrons. The van der Waals surface area contributed by atoms with Crippen molar-refractivity contribution in [3.63, 3.8) is 0 Å². The number of nitrogens with zero attached hydrogens (tertiary/aromatic N) is 1. The van der Waals surface area contributed by atoms with Crippen LogP contribution in [0, 0.1) is 0 Å². The molecule has 2 atom stereocenters. The Hall–Kier alpha value is -2.03. The average molecular weight is 559 g/mol. The second-order valence-corrected chi connectivity index (χ2v) is 15.8. The van der Waals surface area contributed by atoms with E-state index in [9.17, 15) is 14.7 Å². The molecule has 0 radical (unpaired) electrons. The molecule has 0 fully saturated rings. The summed E-state index contributed by atoms with van der Waals surface area (Å²) in [6.45, 7) is 9.49. The highest BCUT2D eigenvalue weighted by Gasteiger charge is 2.53. The molecule has 2 rings (SSSR count). The molecule has 0 unspecified atom stereocenters. The van der Waals surface area contributed by atoms with E-state index < -0.39 is 48.0 Å². The van der Waals surface area contributed by atoms with E-state index in [1.807, 2.05) is 60.7 Å². The van der Waals surface area contributed by atoms with Crippen LogP contribution < -0.4 is 10.4 Å². The van der Waals surface area contributed by atoms with E-state index in [-0.39, 0.29) is 0 Å². The maximum Gasteiger partial charge on any atom is 0.410 e. The van der Waals surface area contributed by atoms with Gasteiger partial charge in [0.1, 0.15) is 6.61 Å². The van der Waals surface area contributed by atoms with Gasteiger partial charge < -0.3 is 14.3 Å². The van der Waals surface area contributed by atoms with Crippen molar-refractivity contribution < 1.29 is 23.9 Å². The number of amides is 1. The molecule has 2 aromatic carbocycles. The largest absolute Gasteiger partial charge is 0.480 e. The van der Waals surface area contributed by atoms with E-state index in [1.54, 1.807) is 0 Å². The molecule has 1 N–H and O–H groups in total. The Morgan fingerprint density at radius 1 is 1.03 bits per heavy atom. The highest BCUT2D eigenvalue weighted by molar-refractivity contribution is 6.99. The number of carbonyl (C=O) groups excluding carboxylic acids is 1. The maximum atomic E-state index is 12.6. The first-order valence-corrected chi connectivity index (χ1v) is 13.9. The van der Waals surface area contributed by atoms with Crippen LogP contribution in [0.1, 0.15) is 20.8 Å². The van der Waals surface area contributed by atoms with Gasteiger partial charge >= 0.3 is 12.1 Å². The molecule has 10 heteroatoms. The SMILES string of the molecule is C=C[C@H](O[Si](c1ccccc1)(c1ccccc1)C(C)(C)C)[C@@H](C(=O)O)N(C)C(=O)OCC(Cl)(Cl)Cl. The molecule has 0 bridgehead atoms. The topological polar surface area (TPSA) is 76.1 Å². The van der Waals surface area contributed by atoms with Gasteiger partial charge in [0, 0.05) is 7.05 Å². The highest BCUT2D eigenvalue weighted by Crippen LogP contribution is 2.38. The molecule has 0 saturated heterocycles. The zero-order chi connectivity index (χ0) is 26.4. The molecule has 0 aliphatic carbocycles. The lowest BCUT2D eigenvalue weighted by atomic mass is 10.1. The average Bonchev–Trinajstić information content (AvgIpc) is 2.79. The molecule has 0 spiro atoms. The molecule has 0 aliphatic rings. The Labute approximate surface area is 222 Å². The van der Waals surface area contributed by atoms with E-state index >= 15 is 0 Å². The van der Waals surface area contributed by atoms with Gasteiger partial charge in [-0.15, -0.1) is 6.58 Å². The maximum absolute atomic E-state index is 12.6. The summed E-state index contributed by atoms with van der Waals surface area (Å²) in [6, 6.07) is 18.0. The number of likely N-dealkylation sites (N-methyl/N-ethyl adjacent to an activating group) is 1. The molecular formula is C25H30Cl3NO5Si. The van der Waals surface area contributed by atoms with Crippen LogP contribution in [0.5, 0.6) is 0 Å². The van der Waals surface area contributed by atoms with Crippen LogP contribution in [0.3, 0.4) is 0 Å². The number of alkyl halides is 3. The van der Waals surface area contributed by atoms with Crippen molar-refractivity contribution in [2.75, 3.05) is 13.7 Å². The van der Waals surface area contributed by atoms with Crippen LogP contribution in [0.4, 0.5) is 4.79 Å². The Morgan fingerprint density at radius 2 is 1.49 bits per heavy atom. The van der Waals surface area contributed by atoms with Crippen molar-refractivity contribution in [1.82, 2.24) is 4.90 Å². The molecule has 35 heavy (non-hydrogen) atoms. The van der Waals surface area contributed by atoms with E-state index in [4.69, 9.17) is 44.0 Å². The van der Waals surface area contributed by atoms with Crippen LogP contribution in [0.15, 0.2) is 73.3 Å². The highest BCUT2D eigenvalue weighted by atomic mass is 35.6. The molecule has 6 nitrogen and oxygen atoms in total.